The molecule has 9 heteroatoms. The van der Waals surface area contributed by atoms with Crippen LogP contribution >= 0.6 is 0 Å². The highest BCUT2D eigenvalue weighted by Crippen LogP contribution is 2.25. The average Bonchev–Trinajstić information content (AvgIpc) is 3.35. The molecular weight excluding hydrogens is 334 g/mol. The molecule has 0 bridgehead atoms. The van der Waals surface area contributed by atoms with Crippen molar-refractivity contribution < 1.29 is 9.37 Å². The third-order valence-electron chi connectivity index (χ3n) is 3.59. The first-order valence-corrected chi connectivity index (χ1v) is 8.35. The summed E-state index contributed by atoms with van der Waals surface area (Å²) in [6, 6.07) is 9.59. The molecule has 2 aromatic heterocycles. The molecule has 0 fully saturated rings. The van der Waals surface area contributed by atoms with Crippen molar-refractivity contribution in [3.63, 3.8) is 0 Å². The van der Waals surface area contributed by atoms with Gasteiger partial charge >= 0.3 is 0 Å². The summed E-state index contributed by atoms with van der Waals surface area (Å²) in [7, 11) is 0. The third-order valence-corrected chi connectivity index (χ3v) is 3.59. The Labute approximate surface area is 150 Å². The van der Waals surface area contributed by atoms with E-state index in [1.165, 1.54) is 0 Å². The number of hydrogen-bond donors (Lipinski definition) is 3. The molecule has 2 heterocycles. The van der Waals surface area contributed by atoms with Crippen LogP contribution in [0.15, 0.2) is 52.5 Å². The second kappa shape index (κ2) is 9.21. The van der Waals surface area contributed by atoms with Crippen molar-refractivity contribution in [2.24, 2.45) is 10.7 Å². The summed E-state index contributed by atoms with van der Waals surface area (Å²) < 4.78 is 10.4. The van der Waals surface area contributed by atoms with Crippen LogP contribution in [0.25, 0.3) is 11.3 Å². The monoisotopic (exact) mass is 355 g/mol. The maximum absolute atomic E-state index is 5.83. The predicted octanol–water partition coefficient (Wildman–Crippen LogP) is 1.38. The van der Waals surface area contributed by atoms with E-state index in [0.717, 1.165) is 24.1 Å². The number of aromatic amines is 1. The van der Waals surface area contributed by atoms with Crippen molar-refractivity contribution in [3.8, 4) is 17.1 Å². The molecule has 3 rings (SSSR count). The van der Waals surface area contributed by atoms with E-state index in [9.17, 15) is 0 Å². The largest absolute Gasteiger partial charge is 0.472 e. The minimum atomic E-state index is 0.355. The highest BCUT2D eigenvalue weighted by atomic mass is 16.6. The van der Waals surface area contributed by atoms with Gasteiger partial charge in [-0.3, -0.25) is 4.99 Å². The summed E-state index contributed by atoms with van der Waals surface area (Å²) in [6.45, 7) is 1.50. The fourth-order valence-electron chi connectivity index (χ4n) is 2.32. The molecule has 0 aliphatic heterocycles. The summed E-state index contributed by atoms with van der Waals surface area (Å²) in [6.07, 6.45) is 5.26. The average molecular weight is 355 g/mol. The van der Waals surface area contributed by atoms with Gasteiger partial charge in [0.05, 0.1) is 12.9 Å². The van der Waals surface area contributed by atoms with Crippen LogP contribution in [0.1, 0.15) is 12.1 Å². The third kappa shape index (κ3) is 5.07. The Bertz CT molecular complexity index is 800. The number of guanidine groups is 1. The smallest absolute Gasteiger partial charge is 0.283 e. The molecule has 0 saturated carbocycles. The van der Waals surface area contributed by atoms with Gasteiger partial charge in [0.1, 0.15) is 6.61 Å². The van der Waals surface area contributed by atoms with E-state index in [-0.39, 0.29) is 0 Å². The molecular formula is C17H21N7O2. The number of imidazole rings is 1. The fraction of sp³-hybridized carbons (Fsp3) is 0.294. The van der Waals surface area contributed by atoms with Crippen molar-refractivity contribution in [2.45, 2.75) is 12.8 Å². The Kier molecular flexibility index (Phi) is 6.19. The van der Waals surface area contributed by atoms with E-state index in [1.54, 1.807) is 6.33 Å². The van der Waals surface area contributed by atoms with E-state index in [4.69, 9.17) is 15.1 Å². The molecule has 9 nitrogen and oxygen atoms in total. The highest BCUT2D eigenvalue weighted by Gasteiger charge is 2.13. The van der Waals surface area contributed by atoms with Crippen LogP contribution in [-0.4, -0.2) is 45.9 Å². The van der Waals surface area contributed by atoms with Crippen LogP contribution in [0.2, 0.25) is 0 Å². The molecule has 0 aliphatic carbocycles. The van der Waals surface area contributed by atoms with Gasteiger partial charge < -0.3 is 20.8 Å². The number of ether oxygens (including phenoxy) is 1. The van der Waals surface area contributed by atoms with Gasteiger partial charge in [-0.15, -0.1) is 0 Å². The standard InChI is InChI=1S/C17H21N7O2/c18-17(20-8-4-7-14-11-19-12-22-14)21-9-10-25-16-15(23-26-24-16)13-5-2-1-3-6-13/h1-3,5-6,11-12H,4,7-10H2,(H,19,22)(H3,18,20,21). The van der Waals surface area contributed by atoms with Crippen LogP contribution in [0.5, 0.6) is 5.88 Å². The summed E-state index contributed by atoms with van der Waals surface area (Å²) in [5.74, 6) is 0.743. The number of aliphatic imine (C=N–C) groups is 1. The number of nitrogens with one attached hydrogen (secondary N) is 2. The summed E-state index contributed by atoms with van der Waals surface area (Å²) >= 11 is 0. The summed E-state index contributed by atoms with van der Waals surface area (Å²) in [5.41, 5.74) is 8.38. The first-order valence-electron chi connectivity index (χ1n) is 8.35. The number of nitrogens with zero attached hydrogens (tertiary/aromatic N) is 4. The molecule has 3 aromatic rings. The van der Waals surface area contributed by atoms with Crippen molar-refractivity contribution in [1.82, 2.24) is 25.6 Å². The molecule has 136 valence electrons. The van der Waals surface area contributed by atoms with Gasteiger partial charge in [0, 0.05) is 24.0 Å². The number of aryl methyl sites for hydroxylation is 1. The molecule has 0 radical (unpaired) electrons. The molecule has 0 unspecified atom stereocenters. The van der Waals surface area contributed by atoms with Crippen molar-refractivity contribution in [3.05, 3.63) is 48.5 Å². The van der Waals surface area contributed by atoms with Gasteiger partial charge in [0.25, 0.3) is 5.88 Å². The number of hydrogen-bond acceptors (Lipinski definition) is 6. The van der Waals surface area contributed by atoms with Crippen LogP contribution < -0.4 is 15.8 Å². The molecule has 26 heavy (non-hydrogen) atoms. The van der Waals surface area contributed by atoms with Gasteiger partial charge in [0.15, 0.2) is 11.7 Å². The number of aromatic nitrogens is 4. The Morgan fingerprint density at radius 2 is 2.15 bits per heavy atom. The lowest BCUT2D eigenvalue weighted by atomic mass is 10.2. The molecule has 0 aliphatic rings. The topological polar surface area (TPSA) is 127 Å². The molecule has 0 saturated heterocycles. The molecule has 1 aromatic carbocycles. The number of nitrogens with two attached hydrogens (primary N) is 1. The Morgan fingerprint density at radius 3 is 2.96 bits per heavy atom. The van der Waals surface area contributed by atoms with Gasteiger partial charge in [-0.2, -0.15) is 0 Å². The van der Waals surface area contributed by atoms with Crippen LogP contribution in [-0.2, 0) is 6.42 Å². The van der Waals surface area contributed by atoms with E-state index in [2.05, 4.69) is 30.6 Å². The zero-order valence-corrected chi connectivity index (χ0v) is 14.3. The first-order chi connectivity index (χ1) is 12.8. The summed E-state index contributed by atoms with van der Waals surface area (Å²) in [4.78, 5) is 11.3. The van der Waals surface area contributed by atoms with Gasteiger partial charge in [-0.1, -0.05) is 30.3 Å². The minimum Gasteiger partial charge on any atom is -0.472 e. The quantitative estimate of drug-likeness (QED) is 0.300. The zero-order valence-electron chi connectivity index (χ0n) is 14.3. The number of H-pyrrole nitrogens is 1. The number of benzene rings is 1. The van der Waals surface area contributed by atoms with Crippen LogP contribution in [0.3, 0.4) is 0 Å². The predicted molar refractivity (Wildman–Crippen MR) is 96.6 cm³/mol. The molecule has 0 amide bonds. The lowest BCUT2D eigenvalue weighted by Crippen LogP contribution is -2.34. The zero-order chi connectivity index (χ0) is 18.0. The Balaban J connectivity index is 1.36. The summed E-state index contributed by atoms with van der Waals surface area (Å²) in [5, 5.41) is 10.7. The molecule has 4 N–H and O–H groups in total. The van der Waals surface area contributed by atoms with Gasteiger partial charge in [-0.25, -0.2) is 9.61 Å². The first kappa shape index (κ1) is 17.5. The van der Waals surface area contributed by atoms with E-state index >= 15 is 0 Å². The van der Waals surface area contributed by atoms with Crippen LogP contribution in [0.4, 0.5) is 0 Å². The normalized spacial score (nSPS) is 11.5. The van der Waals surface area contributed by atoms with Gasteiger partial charge in [0.2, 0.25) is 0 Å². The lowest BCUT2D eigenvalue weighted by molar-refractivity contribution is 0.258. The molecule has 0 spiro atoms. The van der Waals surface area contributed by atoms with Crippen molar-refractivity contribution in [1.29, 1.82) is 0 Å². The molecule has 0 atom stereocenters. The Morgan fingerprint density at radius 1 is 1.27 bits per heavy atom. The number of rotatable bonds is 9. The maximum Gasteiger partial charge on any atom is 0.283 e. The van der Waals surface area contributed by atoms with E-state index in [0.29, 0.717) is 37.2 Å². The maximum atomic E-state index is 5.83. The van der Waals surface area contributed by atoms with E-state index in [1.807, 2.05) is 36.5 Å². The van der Waals surface area contributed by atoms with Crippen molar-refractivity contribution in [2.75, 3.05) is 19.7 Å². The Hall–Kier alpha value is -3.36. The SMILES string of the molecule is NC(=NCCCc1cnc[nH]1)NCCOc1nonc1-c1ccccc1. The lowest BCUT2D eigenvalue weighted by Gasteiger charge is -2.06. The van der Waals surface area contributed by atoms with Crippen molar-refractivity contribution >= 4 is 5.96 Å². The second-order valence-electron chi connectivity index (χ2n) is 5.51. The minimum absolute atomic E-state index is 0.355. The highest BCUT2D eigenvalue weighted by molar-refractivity contribution is 5.77. The second-order valence-corrected chi connectivity index (χ2v) is 5.51. The fourth-order valence-corrected chi connectivity index (χ4v) is 2.32. The van der Waals surface area contributed by atoms with E-state index < -0.39 is 0 Å². The van der Waals surface area contributed by atoms with Crippen LogP contribution in [0, 0.1) is 0 Å². The van der Waals surface area contributed by atoms with Gasteiger partial charge in [-0.05, 0) is 23.2 Å².